The lowest BCUT2D eigenvalue weighted by Crippen LogP contribution is -2.39. The third-order valence-corrected chi connectivity index (χ3v) is 3.02. The molecule has 0 bridgehead atoms. The highest BCUT2D eigenvalue weighted by molar-refractivity contribution is 6.32. The van der Waals surface area contributed by atoms with Gasteiger partial charge >= 0.3 is 0 Å². The van der Waals surface area contributed by atoms with Crippen LogP contribution < -0.4 is 5.32 Å². The van der Waals surface area contributed by atoms with E-state index in [0.29, 0.717) is 0 Å². The molecule has 6 nitrogen and oxygen atoms in total. The maximum absolute atomic E-state index is 11.8. The fourth-order valence-electron chi connectivity index (χ4n) is 1.51. The van der Waals surface area contributed by atoms with Gasteiger partial charge in [-0.1, -0.05) is 11.6 Å². The number of hydrogen-bond donors (Lipinski definition) is 1. The molecule has 7 heteroatoms. The van der Waals surface area contributed by atoms with Gasteiger partial charge in [0.15, 0.2) is 0 Å². The highest BCUT2D eigenvalue weighted by Gasteiger charge is 2.23. The van der Waals surface area contributed by atoms with Crippen LogP contribution in [-0.4, -0.2) is 21.9 Å². The maximum atomic E-state index is 11.8. The molecule has 1 aliphatic carbocycles. The number of carbonyl (C=O) groups is 1. The van der Waals surface area contributed by atoms with Crippen molar-refractivity contribution in [3.05, 3.63) is 33.1 Å². The third-order valence-electron chi connectivity index (χ3n) is 2.72. The Labute approximate surface area is 102 Å². The molecule has 0 spiro atoms. The van der Waals surface area contributed by atoms with E-state index in [0.717, 1.165) is 31.5 Å². The van der Waals surface area contributed by atoms with Crippen LogP contribution in [0.4, 0.5) is 5.69 Å². The van der Waals surface area contributed by atoms with Crippen LogP contribution >= 0.6 is 11.6 Å². The zero-order chi connectivity index (χ0) is 12.4. The van der Waals surface area contributed by atoms with Gasteiger partial charge in [0.1, 0.15) is 11.3 Å². The Balaban J connectivity index is 2.20. The molecule has 90 valence electrons. The normalized spacial score (nSPS) is 15.1. The highest BCUT2D eigenvalue weighted by atomic mass is 35.5. The Morgan fingerprint density at radius 1 is 1.59 bits per heavy atom. The van der Waals surface area contributed by atoms with Gasteiger partial charge < -0.3 is 5.32 Å². The molecule has 1 aromatic rings. The van der Waals surface area contributed by atoms with Gasteiger partial charge in [0.05, 0.1) is 10.5 Å². The minimum absolute atomic E-state index is 0.0209. The molecule has 1 aliphatic rings. The Kier molecular flexibility index (Phi) is 3.23. The molecule has 1 fully saturated rings. The monoisotopic (exact) mass is 255 g/mol. The summed E-state index contributed by atoms with van der Waals surface area (Å²) in [7, 11) is 0. The second-order valence-corrected chi connectivity index (χ2v) is 4.25. The van der Waals surface area contributed by atoms with E-state index in [1.165, 1.54) is 0 Å². The molecule has 0 atom stereocenters. The van der Waals surface area contributed by atoms with Crippen molar-refractivity contribution < 1.29 is 9.72 Å². The first-order chi connectivity index (χ1) is 8.08. The van der Waals surface area contributed by atoms with Crippen molar-refractivity contribution in [2.75, 3.05) is 0 Å². The van der Waals surface area contributed by atoms with Crippen LogP contribution in [-0.2, 0) is 0 Å². The van der Waals surface area contributed by atoms with E-state index in [-0.39, 0.29) is 22.4 Å². The second kappa shape index (κ2) is 4.67. The fraction of sp³-hybridized carbons (Fsp3) is 0.400. The first-order valence-electron chi connectivity index (χ1n) is 5.18. The Morgan fingerprint density at radius 3 is 2.82 bits per heavy atom. The molecule has 1 N–H and O–H groups in total. The highest BCUT2D eigenvalue weighted by Crippen LogP contribution is 2.22. The molecule has 0 aromatic carbocycles. The molecule has 0 saturated heterocycles. The molecule has 1 saturated carbocycles. The molecular formula is C10H10ClN3O3. The summed E-state index contributed by atoms with van der Waals surface area (Å²) < 4.78 is 0. The summed E-state index contributed by atoms with van der Waals surface area (Å²) in [6.07, 6.45) is 3.99. The van der Waals surface area contributed by atoms with Gasteiger partial charge in [-0.05, 0) is 19.3 Å². The molecule has 1 aromatic heterocycles. The van der Waals surface area contributed by atoms with Crippen molar-refractivity contribution in [3.8, 4) is 0 Å². The van der Waals surface area contributed by atoms with Gasteiger partial charge in [-0.2, -0.15) is 0 Å². The number of nitro groups is 1. The van der Waals surface area contributed by atoms with E-state index >= 15 is 0 Å². The number of rotatable bonds is 3. The predicted molar refractivity (Wildman–Crippen MR) is 61.0 cm³/mol. The Bertz CT molecular complexity index is 474. The van der Waals surface area contributed by atoms with Crippen LogP contribution in [0, 0.1) is 10.1 Å². The van der Waals surface area contributed by atoms with Gasteiger partial charge in [-0.15, -0.1) is 0 Å². The topological polar surface area (TPSA) is 85.1 Å². The van der Waals surface area contributed by atoms with Crippen molar-refractivity contribution >= 4 is 23.2 Å². The van der Waals surface area contributed by atoms with Crippen molar-refractivity contribution in [1.82, 2.24) is 10.3 Å². The van der Waals surface area contributed by atoms with Crippen molar-refractivity contribution in [1.29, 1.82) is 0 Å². The van der Waals surface area contributed by atoms with Crippen LogP contribution in [0.2, 0.25) is 5.15 Å². The van der Waals surface area contributed by atoms with Gasteiger partial charge in [0.2, 0.25) is 0 Å². The number of aromatic nitrogens is 1. The Hall–Kier alpha value is -1.69. The Morgan fingerprint density at radius 2 is 2.29 bits per heavy atom. The molecule has 0 unspecified atom stereocenters. The standard InChI is InChI=1S/C10H10ClN3O3/c11-9-8(4-7(5-12-9)14(16)17)10(15)13-6-2-1-3-6/h4-6H,1-3H2,(H,13,15). The number of nitrogens with one attached hydrogen (secondary N) is 1. The number of hydrogen-bond acceptors (Lipinski definition) is 4. The SMILES string of the molecule is O=C(NC1CCC1)c1cc([N+](=O)[O-])cnc1Cl. The summed E-state index contributed by atoms with van der Waals surface area (Å²) in [5.74, 6) is -0.407. The van der Waals surface area contributed by atoms with Crippen LogP contribution in [0.25, 0.3) is 0 Å². The number of nitrogens with zero attached hydrogens (tertiary/aromatic N) is 2. The summed E-state index contributed by atoms with van der Waals surface area (Å²) in [4.78, 5) is 25.4. The lowest BCUT2D eigenvalue weighted by Gasteiger charge is -2.26. The number of carbonyl (C=O) groups excluding carboxylic acids is 1. The maximum Gasteiger partial charge on any atom is 0.288 e. The predicted octanol–water partition coefficient (Wildman–Crippen LogP) is 1.93. The zero-order valence-electron chi connectivity index (χ0n) is 8.85. The van der Waals surface area contributed by atoms with Crippen LogP contribution in [0.3, 0.4) is 0 Å². The largest absolute Gasteiger partial charge is 0.349 e. The summed E-state index contributed by atoms with van der Waals surface area (Å²) >= 11 is 5.75. The molecule has 0 radical (unpaired) electrons. The summed E-state index contributed by atoms with van der Waals surface area (Å²) in [6, 6.07) is 1.29. The zero-order valence-corrected chi connectivity index (χ0v) is 9.61. The van der Waals surface area contributed by atoms with E-state index in [9.17, 15) is 14.9 Å². The van der Waals surface area contributed by atoms with E-state index < -0.39 is 10.8 Å². The first kappa shape index (κ1) is 11.8. The van der Waals surface area contributed by atoms with E-state index in [1.807, 2.05) is 0 Å². The summed E-state index contributed by atoms with van der Waals surface area (Å²) in [6.45, 7) is 0. The second-order valence-electron chi connectivity index (χ2n) is 3.89. The van der Waals surface area contributed by atoms with E-state index in [1.54, 1.807) is 0 Å². The fourth-order valence-corrected chi connectivity index (χ4v) is 1.70. The molecule has 1 heterocycles. The van der Waals surface area contributed by atoms with Crippen LogP contribution in [0.15, 0.2) is 12.3 Å². The number of halogens is 1. The van der Waals surface area contributed by atoms with Crippen molar-refractivity contribution in [3.63, 3.8) is 0 Å². The lowest BCUT2D eigenvalue weighted by molar-refractivity contribution is -0.385. The molecular weight excluding hydrogens is 246 g/mol. The van der Waals surface area contributed by atoms with Gasteiger partial charge in [-0.25, -0.2) is 4.98 Å². The van der Waals surface area contributed by atoms with Crippen molar-refractivity contribution in [2.24, 2.45) is 0 Å². The molecule has 0 aliphatic heterocycles. The van der Waals surface area contributed by atoms with Gasteiger partial charge in [0.25, 0.3) is 11.6 Å². The van der Waals surface area contributed by atoms with Crippen LogP contribution in [0.5, 0.6) is 0 Å². The molecule has 2 rings (SSSR count). The average molecular weight is 256 g/mol. The number of amides is 1. The quantitative estimate of drug-likeness (QED) is 0.508. The van der Waals surface area contributed by atoms with E-state index in [4.69, 9.17) is 11.6 Å². The first-order valence-corrected chi connectivity index (χ1v) is 5.56. The lowest BCUT2D eigenvalue weighted by atomic mass is 9.93. The summed E-state index contributed by atoms with van der Waals surface area (Å²) in [5, 5.41) is 13.3. The van der Waals surface area contributed by atoms with Crippen LogP contribution in [0.1, 0.15) is 29.6 Å². The minimum atomic E-state index is -0.608. The summed E-state index contributed by atoms with van der Waals surface area (Å²) in [5.41, 5.74) is -0.194. The smallest absolute Gasteiger partial charge is 0.288 e. The third kappa shape index (κ3) is 2.52. The van der Waals surface area contributed by atoms with Gasteiger partial charge in [-0.3, -0.25) is 14.9 Å². The molecule has 17 heavy (non-hydrogen) atoms. The van der Waals surface area contributed by atoms with Crippen molar-refractivity contribution in [2.45, 2.75) is 25.3 Å². The number of pyridine rings is 1. The van der Waals surface area contributed by atoms with E-state index in [2.05, 4.69) is 10.3 Å². The minimum Gasteiger partial charge on any atom is -0.349 e. The average Bonchev–Trinajstić information content (AvgIpc) is 2.23. The van der Waals surface area contributed by atoms with Gasteiger partial charge in [0, 0.05) is 12.1 Å². The molecule has 1 amide bonds.